The molecule has 0 aromatic carbocycles. The lowest BCUT2D eigenvalue weighted by Gasteiger charge is -2.45. The molecule has 0 aromatic heterocycles. The zero-order chi connectivity index (χ0) is 17.2. The summed E-state index contributed by atoms with van der Waals surface area (Å²) in [5.74, 6) is 3.02. The fourth-order valence-electron chi connectivity index (χ4n) is 4.97. The molecule has 0 heterocycles. The predicted octanol–water partition coefficient (Wildman–Crippen LogP) is 4.58. The van der Waals surface area contributed by atoms with Crippen LogP contribution in [0.4, 0.5) is 0 Å². The van der Waals surface area contributed by atoms with Gasteiger partial charge in [0.15, 0.2) is 0 Å². The standard InChI is InChI=1S/C21H36O2/c1-14(2)15(3)6-7-16(4)18-8-9-19-17(11-13-22)20(23)10-12-21(18,19)5/h6-7,11,14-16,18-20,22-23H,8-10,12-13H2,1-5H3/b7-6+,17-11-/t15-,16+,18+,19?,20-,21+/m0/s1. The Morgan fingerprint density at radius 2 is 1.83 bits per heavy atom. The van der Waals surface area contributed by atoms with Gasteiger partial charge in [-0.3, -0.25) is 0 Å². The predicted molar refractivity (Wildman–Crippen MR) is 97.0 cm³/mol. The average molecular weight is 321 g/mol. The summed E-state index contributed by atoms with van der Waals surface area (Å²) >= 11 is 0. The molecule has 6 atom stereocenters. The second kappa shape index (κ2) is 7.53. The maximum absolute atomic E-state index is 10.3. The van der Waals surface area contributed by atoms with Crippen molar-refractivity contribution >= 4 is 0 Å². The van der Waals surface area contributed by atoms with Gasteiger partial charge in [-0.25, -0.2) is 0 Å². The maximum Gasteiger partial charge on any atom is 0.0754 e. The molecule has 2 fully saturated rings. The van der Waals surface area contributed by atoms with Crippen LogP contribution in [0, 0.1) is 35.0 Å². The van der Waals surface area contributed by atoms with Crippen LogP contribution in [0.2, 0.25) is 0 Å². The van der Waals surface area contributed by atoms with Crippen molar-refractivity contribution < 1.29 is 10.2 Å². The van der Waals surface area contributed by atoms with Gasteiger partial charge in [0.2, 0.25) is 0 Å². The fourth-order valence-corrected chi connectivity index (χ4v) is 4.97. The molecular weight excluding hydrogens is 284 g/mol. The van der Waals surface area contributed by atoms with Gasteiger partial charge in [-0.15, -0.1) is 0 Å². The number of aliphatic hydroxyl groups is 2. The lowest BCUT2D eigenvalue weighted by atomic mass is 9.60. The summed E-state index contributed by atoms with van der Waals surface area (Å²) in [6.45, 7) is 11.7. The van der Waals surface area contributed by atoms with Crippen LogP contribution >= 0.6 is 0 Å². The van der Waals surface area contributed by atoms with E-state index in [2.05, 4.69) is 46.8 Å². The Hall–Kier alpha value is -0.600. The molecule has 2 aliphatic rings. The van der Waals surface area contributed by atoms with Gasteiger partial charge in [0.05, 0.1) is 12.7 Å². The molecule has 2 nitrogen and oxygen atoms in total. The van der Waals surface area contributed by atoms with Gasteiger partial charge in [0.25, 0.3) is 0 Å². The van der Waals surface area contributed by atoms with E-state index in [9.17, 15) is 10.2 Å². The lowest BCUT2D eigenvalue weighted by Crippen LogP contribution is -2.40. The first kappa shape index (κ1) is 18.7. The van der Waals surface area contributed by atoms with E-state index in [1.54, 1.807) is 0 Å². The third-order valence-electron chi connectivity index (χ3n) is 6.88. The second-order valence-electron chi connectivity index (χ2n) is 8.53. The monoisotopic (exact) mass is 320 g/mol. The molecule has 2 rings (SSSR count). The molecule has 23 heavy (non-hydrogen) atoms. The minimum atomic E-state index is -0.342. The van der Waals surface area contributed by atoms with Crippen LogP contribution in [0.25, 0.3) is 0 Å². The zero-order valence-electron chi connectivity index (χ0n) is 15.6. The van der Waals surface area contributed by atoms with Crippen LogP contribution in [-0.4, -0.2) is 22.9 Å². The molecule has 0 aliphatic heterocycles. The summed E-state index contributed by atoms with van der Waals surface area (Å²) in [5.41, 5.74) is 1.38. The van der Waals surface area contributed by atoms with Crippen molar-refractivity contribution in [3.8, 4) is 0 Å². The zero-order valence-corrected chi connectivity index (χ0v) is 15.6. The third kappa shape index (κ3) is 3.74. The minimum Gasteiger partial charge on any atom is -0.392 e. The lowest BCUT2D eigenvalue weighted by molar-refractivity contribution is 0.0527. The summed E-state index contributed by atoms with van der Waals surface area (Å²) in [6, 6.07) is 0. The van der Waals surface area contributed by atoms with Crippen LogP contribution in [0.1, 0.15) is 60.3 Å². The molecule has 0 aromatic rings. The van der Waals surface area contributed by atoms with Crippen LogP contribution in [0.3, 0.4) is 0 Å². The van der Waals surface area contributed by atoms with Crippen molar-refractivity contribution in [1.29, 1.82) is 0 Å². The summed E-state index contributed by atoms with van der Waals surface area (Å²) in [5, 5.41) is 19.6. The van der Waals surface area contributed by atoms with Gasteiger partial charge in [-0.2, -0.15) is 0 Å². The van der Waals surface area contributed by atoms with Gasteiger partial charge in [0.1, 0.15) is 0 Å². The first-order valence-electron chi connectivity index (χ1n) is 9.48. The van der Waals surface area contributed by atoms with Crippen LogP contribution in [0.5, 0.6) is 0 Å². The van der Waals surface area contributed by atoms with E-state index in [1.807, 2.05) is 6.08 Å². The number of fused-ring (bicyclic) bond motifs is 1. The van der Waals surface area contributed by atoms with E-state index < -0.39 is 0 Å². The molecule has 0 spiro atoms. The SMILES string of the molecule is CC(C)[C@@H](C)/C=C/[C@@H](C)[C@H]1CCC2/C(=C/CO)[C@@H](O)CC[C@@]21C. The molecule has 0 radical (unpaired) electrons. The molecular formula is C21H36O2. The Morgan fingerprint density at radius 1 is 1.13 bits per heavy atom. The van der Waals surface area contributed by atoms with Crippen LogP contribution in [0.15, 0.2) is 23.8 Å². The van der Waals surface area contributed by atoms with E-state index in [-0.39, 0.29) is 18.1 Å². The number of hydrogen-bond acceptors (Lipinski definition) is 2. The number of hydrogen-bond donors (Lipinski definition) is 2. The molecule has 0 saturated heterocycles. The van der Waals surface area contributed by atoms with Crippen molar-refractivity contribution in [1.82, 2.24) is 0 Å². The molecule has 2 N–H and O–H groups in total. The molecule has 0 amide bonds. The summed E-state index contributed by atoms with van der Waals surface area (Å²) < 4.78 is 0. The van der Waals surface area contributed by atoms with Crippen LogP contribution in [-0.2, 0) is 0 Å². The first-order valence-corrected chi connectivity index (χ1v) is 9.48. The number of aliphatic hydroxyl groups excluding tert-OH is 2. The Kier molecular flexibility index (Phi) is 6.13. The topological polar surface area (TPSA) is 40.5 Å². The van der Waals surface area contributed by atoms with Gasteiger partial charge < -0.3 is 10.2 Å². The molecule has 2 saturated carbocycles. The summed E-state index contributed by atoms with van der Waals surface area (Å²) in [4.78, 5) is 0. The van der Waals surface area contributed by atoms with Gasteiger partial charge in [0, 0.05) is 0 Å². The minimum absolute atomic E-state index is 0.0466. The van der Waals surface area contributed by atoms with Crippen molar-refractivity contribution in [2.75, 3.05) is 6.61 Å². The normalized spacial score (nSPS) is 39.1. The smallest absolute Gasteiger partial charge is 0.0754 e. The number of allylic oxidation sites excluding steroid dienone is 2. The first-order chi connectivity index (χ1) is 10.8. The Labute approximate surface area is 142 Å². The highest BCUT2D eigenvalue weighted by Gasteiger charge is 2.52. The van der Waals surface area contributed by atoms with Crippen molar-refractivity contribution in [2.45, 2.75) is 66.4 Å². The Bertz CT molecular complexity index is 451. The third-order valence-corrected chi connectivity index (χ3v) is 6.88. The van der Waals surface area contributed by atoms with Crippen molar-refractivity contribution in [3.05, 3.63) is 23.8 Å². The molecule has 0 bridgehead atoms. The van der Waals surface area contributed by atoms with E-state index >= 15 is 0 Å². The Morgan fingerprint density at radius 3 is 2.43 bits per heavy atom. The fraction of sp³-hybridized carbons (Fsp3) is 0.810. The number of rotatable bonds is 5. The molecule has 1 unspecified atom stereocenters. The maximum atomic E-state index is 10.3. The van der Waals surface area contributed by atoms with Gasteiger partial charge in [-0.05, 0) is 66.3 Å². The van der Waals surface area contributed by atoms with E-state index in [1.165, 1.54) is 6.42 Å². The van der Waals surface area contributed by atoms with E-state index in [0.29, 0.717) is 29.6 Å². The summed E-state index contributed by atoms with van der Waals surface area (Å²) in [7, 11) is 0. The highest BCUT2D eigenvalue weighted by molar-refractivity contribution is 5.23. The van der Waals surface area contributed by atoms with Gasteiger partial charge >= 0.3 is 0 Å². The quantitative estimate of drug-likeness (QED) is 0.728. The highest BCUT2D eigenvalue weighted by atomic mass is 16.3. The van der Waals surface area contributed by atoms with Crippen molar-refractivity contribution in [2.24, 2.45) is 35.0 Å². The van der Waals surface area contributed by atoms with Crippen molar-refractivity contribution in [3.63, 3.8) is 0 Å². The molecule has 2 aliphatic carbocycles. The molecule has 132 valence electrons. The Balaban J connectivity index is 2.15. The van der Waals surface area contributed by atoms with Crippen LogP contribution < -0.4 is 0 Å². The van der Waals surface area contributed by atoms with E-state index in [4.69, 9.17) is 0 Å². The largest absolute Gasteiger partial charge is 0.392 e. The summed E-state index contributed by atoms with van der Waals surface area (Å²) in [6.07, 6.45) is 10.7. The average Bonchev–Trinajstić information content (AvgIpc) is 2.85. The second-order valence-corrected chi connectivity index (χ2v) is 8.53. The highest BCUT2D eigenvalue weighted by Crippen LogP contribution is 2.59. The molecule has 2 heteroatoms. The van der Waals surface area contributed by atoms with E-state index in [0.717, 1.165) is 24.8 Å². The van der Waals surface area contributed by atoms with Gasteiger partial charge in [-0.1, -0.05) is 52.8 Å².